The van der Waals surface area contributed by atoms with E-state index >= 15 is 0 Å². The van der Waals surface area contributed by atoms with E-state index in [0.717, 1.165) is 22.4 Å². The number of phenolic OH excluding ortho intramolecular Hbond substituents is 1. The highest BCUT2D eigenvalue weighted by Gasteiger charge is 2.07. The third kappa shape index (κ3) is 3.26. The number of hydrogen-bond donors (Lipinski definition) is 3. The molecular formula is C16H19NO2. The second-order valence-corrected chi connectivity index (χ2v) is 4.75. The Morgan fingerprint density at radius 3 is 2.63 bits per heavy atom. The van der Waals surface area contributed by atoms with Gasteiger partial charge < -0.3 is 15.5 Å². The highest BCUT2D eigenvalue weighted by Crippen LogP contribution is 2.24. The number of benzene rings is 2. The van der Waals surface area contributed by atoms with E-state index in [4.69, 9.17) is 0 Å². The number of anilines is 1. The normalized spacial score (nSPS) is 12.2. The quantitative estimate of drug-likeness (QED) is 0.787. The highest BCUT2D eigenvalue weighted by molar-refractivity contribution is 5.53. The number of aromatic hydroxyl groups is 1. The number of para-hydroxylation sites is 1. The molecule has 0 aliphatic carbocycles. The first-order chi connectivity index (χ1) is 9.08. The van der Waals surface area contributed by atoms with E-state index in [9.17, 15) is 10.2 Å². The molecule has 1 atom stereocenters. The average Bonchev–Trinajstić information content (AvgIpc) is 2.40. The molecule has 0 fully saturated rings. The van der Waals surface area contributed by atoms with Gasteiger partial charge >= 0.3 is 0 Å². The van der Waals surface area contributed by atoms with Crippen LogP contribution in [0, 0.1) is 6.92 Å². The summed E-state index contributed by atoms with van der Waals surface area (Å²) >= 11 is 0. The molecule has 0 aliphatic rings. The van der Waals surface area contributed by atoms with Crippen molar-refractivity contribution in [3.8, 4) is 5.75 Å². The molecule has 3 N–H and O–H groups in total. The molecule has 0 amide bonds. The van der Waals surface area contributed by atoms with Crippen molar-refractivity contribution >= 4 is 5.69 Å². The van der Waals surface area contributed by atoms with Crippen LogP contribution in [0.4, 0.5) is 5.69 Å². The molecule has 0 aromatic heterocycles. The minimum absolute atomic E-state index is 0.285. The minimum Gasteiger partial charge on any atom is -0.508 e. The Morgan fingerprint density at radius 2 is 1.89 bits per heavy atom. The van der Waals surface area contributed by atoms with Crippen molar-refractivity contribution < 1.29 is 10.2 Å². The van der Waals surface area contributed by atoms with Gasteiger partial charge in [0.15, 0.2) is 0 Å². The second kappa shape index (κ2) is 5.76. The minimum atomic E-state index is -0.519. The molecular weight excluding hydrogens is 238 g/mol. The van der Waals surface area contributed by atoms with Gasteiger partial charge in [-0.3, -0.25) is 0 Å². The van der Waals surface area contributed by atoms with E-state index in [2.05, 4.69) is 5.32 Å². The van der Waals surface area contributed by atoms with Crippen molar-refractivity contribution in [2.75, 3.05) is 5.32 Å². The molecule has 100 valence electrons. The van der Waals surface area contributed by atoms with Crippen molar-refractivity contribution in [3.63, 3.8) is 0 Å². The zero-order chi connectivity index (χ0) is 13.8. The number of aliphatic hydroxyl groups is 1. The molecule has 0 spiro atoms. The molecule has 0 radical (unpaired) electrons. The fourth-order valence-electron chi connectivity index (χ4n) is 2.07. The van der Waals surface area contributed by atoms with Crippen LogP contribution in [0.2, 0.25) is 0 Å². The average molecular weight is 257 g/mol. The Bertz CT molecular complexity index is 564. The van der Waals surface area contributed by atoms with Gasteiger partial charge in [-0.25, -0.2) is 0 Å². The third-order valence-corrected chi connectivity index (χ3v) is 3.12. The maximum absolute atomic E-state index is 9.80. The number of hydrogen-bond acceptors (Lipinski definition) is 3. The fraction of sp³-hybridized carbons (Fsp3) is 0.250. The molecule has 0 bridgehead atoms. The molecule has 0 saturated heterocycles. The van der Waals surface area contributed by atoms with Crippen LogP contribution in [0.1, 0.15) is 29.7 Å². The first-order valence-corrected chi connectivity index (χ1v) is 6.37. The lowest BCUT2D eigenvalue weighted by Gasteiger charge is -2.14. The van der Waals surface area contributed by atoms with Crippen molar-refractivity contribution in [1.29, 1.82) is 0 Å². The molecule has 0 heterocycles. The topological polar surface area (TPSA) is 52.5 Å². The van der Waals surface area contributed by atoms with Gasteiger partial charge in [0.25, 0.3) is 0 Å². The summed E-state index contributed by atoms with van der Waals surface area (Å²) in [4.78, 5) is 0. The van der Waals surface area contributed by atoms with Crippen LogP contribution in [0.3, 0.4) is 0 Å². The fourth-order valence-corrected chi connectivity index (χ4v) is 2.07. The molecule has 3 nitrogen and oxygen atoms in total. The summed E-state index contributed by atoms with van der Waals surface area (Å²) in [6.07, 6.45) is -0.519. The van der Waals surface area contributed by atoms with Gasteiger partial charge in [-0.15, -0.1) is 0 Å². The summed E-state index contributed by atoms with van der Waals surface area (Å²) < 4.78 is 0. The zero-order valence-electron chi connectivity index (χ0n) is 11.2. The second-order valence-electron chi connectivity index (χ2n) is 4.75. The zero-order valence-corrected chi connectivity index (χ0v) is 11.2. The number of aliphatic hydroxyl groups excluding tert-OH is 1. The van der Waals surface area contributed by atoms with Crippen molar-refractivity contribution in [2.45, 2.75) is 26.5 Å². The van der Waals surface area contributed by atoms with Crippen LogP contribution >= 0.6 is 0 Å². The molecule has 0 saturated carbocycles. The van der Waals surface area contributed by atoms with Gasteiger partial charge in [-0.1, -0.05) is 35.9 Å². The van der Waals surface area contributed by atoms with Crippen LogP contribution in [0.15, 0.2) is 42.5 Å². The molecule has 2 aromatic rings. The number of rotatable bonds is 4. The van der Waals surface area contributed by atoms with Crippen LogP contribution in [0.25, 0.3) is 0 Å². The number of phenols is 1. The lowest BCUT2D eigenvalue weighted by molar-refractivity contribution is 0.200. The monoisotopic (exact) mass is 257 g/mol. The summed E-state index contributed by atoms with van der Waals surface area (Å²) in [5.41, 5.74) is 3.70. The molecule has 2 aromatic carbocycles. The third-order valence-electron chi connectivity index (χ3n) is 3.12. The summed E-state index contributed by atoms with van der Waals surface area (Å²) in [5, 5.41) is 22.8. The molecule has 1 unspecified atom stereocenters. The Balaban J connectivity index is 2.17. The van der Waals surface area contributed by atoms with Crippen LogP contribution < -0.4 is 5.32 Å². The Kier molecular flexibility index (Phi) is 4.07. The van der Waals surface area contributed by atoms with E-state index in [1.54, 1.807) is 13.0 Å². The summed E-state index contributed by atoms with van der Waals surface area (Å²) in [6, 6.07) is 13.2. The van der Waals surface area contributed by atoms with E-state index in [-0.39, 0.29) is 5.75 Å². The van der Waals surface area contributed by atoms with Crippen molar-refractivity contribution in [3.05, 3.63) is 59.2 Å². The van der Waals surface area contributed by atoms with Gasteiger partial charge in [-0.2, -0.15) is 0 Å². The van der Waals surface area contributed by atoms with Gasteiger partial charge in [-0.05, 0) is 26.0 Å². The predicted molar refractivity (Wildman–Crippen MR) is 77.2 cm³/mol. The Hall–Kier alpha value is -2.00. The van der Waals surface area contributed by atoms with Gasteiger partial charge in [0.05, 0.1) is 6.10 Å². The first kappa shape index (κ1) is 13.4. The summed E-state index contributed by atoms with van der Waals surface area (Å²) in [7, 11) is 0. The smallest absolute Gasteiger partial charge is 0.120 e. The largest absolute Gasteiger partial charge is 0.508 e. The van der Waals surface area contributed by atoms with Crippen LogP contribution in [0.5, 0.6) is 5.75 Å². The van der Waals surface area contributed by atoms with E-state index in [1.807, 2.05) is 43.3 Å². The molecule has 0 aliphatic heterocycles. The SMILES string of the molecule is Cc1ccc(O)c(CNc2ccccc2C(C)O)c1. The first-order valence-electron chi connectivity index (χ1n) is 6.37. The van der Waals surface area contributed by atoms with Crippen LogP contribution in [-0.4, -0.2) is 10.2 Å². The van der Waals surface area contributed by atoms with Crippen LogP contribution in [-0.2, 0) is 6.54 Å². The van der Waals surface area contributed by atoms with E-state index in [0.29, 0.717) is 6.54 Å². The van der Waals surface area contributed by atoms with E-state index < -0.39 is 6.10 Å². The van der Waals surface area contributed by atoms with Gasteiger partial charge in [0.2, 0.25) is 0 Å². The van der Waals surface area contributed by atoms with Crippen molar-refractivity contribution in [1.82, 2.24) is 0 Å². The Labute approximate surface area is 113 Å². The highest BCUT2D eigenvalue weighted by atomic mass is 16.3. The Morgan fingerprint density at radius 1 is 1.16 bits per heavy atom. The molecule has 3 heteroatoms. The lowest BCUT2D eigenvalue weighted by Crippen LogP contribution is -2.04. The molecule has 19 heavy (non-hydrogen) atoms. The van der Waals surface area contributed by atoms with Crippen molar-refractivity contribution in [2.24, 2.45) is 0 Å². The van der Waals surface area contributed by atoms with Gasteiger partial charge in [0.1, 0.15) is 5.75 Å². The maximum Gasteiger partial charge on any atom is 0.120 e. The number of nitrogens with one attached hydrogen (secondary N) is 1. The number of aryl methyl sites for hydroxylation is 1. The lowest BCUT2D eigenvalue weighted by atomic mass is 10.1. The predicted octanol–water partition coefficient (Wildman–Crippen LogP) is 3.37. The van der Waals surface area contributed by atoms with Gasteiger partial charge in [0, 0.05) is 23.4 Å². The summed E-state index contributed by atoms with van der Waals surface area (Å²) in [6.45, 7) is 4.26. The standard InChI is InChI=1S/C16H19NO2/c1-11-7-8-16(19)13(9-11)10-17-15-6-4-3-5-14(15)12(2)18/h3-9,12,17-19H,10H2,1-2H3. The maximum atomic E-state index is 9.80. The summed E-state index contributed by atoms with van der Waals surface area (Å²) in [5.74, 6) is 0.285. The van der Waals surface area contributed by atoms with E-state index in [1.165, 1.54) is 0 Å². The molecule has 2 rings (SSSR count).